The van der Waals surface area contributed by atoms with E-state index in [-0.39, 0.29) is 17.6 Å². The van der Waals surface area contributed by atoms with E-state index in [2.05, 4.69) is 23.5 Å². The van der Waals surface area contributed by atoms with Crippen LogP contribution in [0.1, 0.15) is 72.4 Å². The van der Waals surface area contributed by atoms with E-state index in [1.54, 1.807) is 18.2 Å². The maximum Gasteiger partial charge on any atom is 0.181 e. The lowest BCUT2D eigenvalue weighted by Crippen LogP contribution is -2.23. The second-order valence-corrected chi connectivity index (χ2v) is 13.2. The zero-order chi connectivity index (χ0) is 29.1. The van der Waals surface area contributed by atoms with Gasteiger partial charge in [-0.1, -0.05) is 55.3 Å². The second-order valence-electron chi connectivity index (χ2n) is 10.9. The van der Waals surface area contributed by atoms with Crippen molar-refractivity contribution in [3.8, 4) is 5.75 Å². The maximum absolute atomic E-state index is 12.9. The minimum Gasteiger partial charge on any atom is -0.508 e. The fraction of sp³-hybridized carbons (Fsp3) is 0.455. The van der Waals surface area contributed by atoms with Crippen molar-refractivity contribution < 1.29 is 28.5 Å². The van der Waals surface area contributed by atoms with Gasteiger partial charge in [-0.3, -0.25) is 0 Å². The van der Waals surface area contributed by atoms with E-state index in [0.29, 0.717) is 42.3 Å². The third kappa shape index (κ3) is 9.12. The van der Waals surface area contributed by atoms with Gasteiger partial charge in [-0.2, -0.15) is 0 Å². The summed E-state index contributed by atoms with van der Waals surface area (Å²) in [5.41, 5.74) is 4.42. The monoisotopic (exact) mass is 581 g/mol. The van der Waals surface area contributed by atoms with Crippen molar-refractivity contribution in [2.24, 2.45) is 0 Å². The maximum atomic E-state index is 12.9. The van der Waals surface area contributed by atoms with Gasteiger partial charge >= 0.3 is 0 Å². The highest BCUT2D eigenvalue weighted by Gasteiger charge is 2.30. The molecular formula is C33H43NO6S. The molecule has 8 heteroatoms. The fourth-order valence-electron chi connectivity index (χ4n) is 5.40. The minimum atomic E-state index is -3.22. The number of rotatable bonds is 16. The van der Waals surface area contributed by atoms with E-state index in [4.69, 9.17) is 4.74 Å². The lowest BCUT2D eigenvalue weighted by atomic mass is 10.0. The number of hydrogen-bond acceptors (Lipinski definition) is 7. The van der Waals surface area contributed by atoms with Gasteiger partial charge in [0, 0.05) is 18.7 Å². The van der Waals surface area contributed by atoms with E-state index < -0.39 is 15.9 Å². The fourth-order valence-corrected chi connectivity index (χ4v) is 7.32. The van der Waals surface area contributed by atoms with Crippen molar-refractivity contribution in [2.75, 3.05) is 19.7 Å². The van der Waals surface area contributed by atoms with Crippen LogP contribution in [0.15, 0.2) is 71.6 Å². The smallest absolute Gasteiger partial charge is 0.181 e. The van der Waals surface area contributed by atoms with Gasteiger partial charge in [-0.25, -0.2) is 8.42 Å². The Morgan fingerprint density at radius 1 is 0.902 bits per heavy atom. The Morgan fingerprint density at radius 2 is 1.63 bits per heavy atom. The normalized spacial score (nSPS) is 14.9. The van der Waals surface area contributed by atoms with Crippen LogP contribution in [0.5, 0.6) is 5.75 Å². The first kappa shape index (κ1) is 31.2. The number of sulfone groups is 1. The van der Waals surface area contributed by atoms with E-state index in [0.717, 1.165) is 62.5 Å². The number of phenols is 1. The summed E-state index contributed by atoms with van der Waals surface area (Å²) in [4.78, 5) is 0.471. The van der Waals surface area contributed by atoms with Crippen LogP contribution in [-0.2, 0) is 40.6 Å². The van der Waals surface area contributed by atoms with Crippen molar-refractivity contribution in [1.82, 2.24) is 5.32 Å². The summed E-state index contributed by atoms with van der Waals surface area (Å²) in [5.74, 6) is 0.0232. The molecule has 7 nitrogen and oxygen atoms in total. The van der Waals surface area contributed by atoms with Crippen LogP contribution in [0.2, 0.25) is 0 Å². The molecule has 4 N–H and O–H groups in total. The summed E-state index contributed by atoms with van der Waals surface area (Å²) in [6.07, 6.45) is 6.35. The number of unbranched alkanes of at least 4 members (excludes halogenated alkanes) is 1. The summed E-state index contributed by atoms with van der Waals surface area (Å²) in [5, 5.41) is 32.5. The molecule has 1 aliphatic rings. The number of aliphatic hydroxyl groups is 2. The van der Waals surface area contributed by atoms with Crippen molar-refractivity contribution in [2.45, 2.75) is 80.8 Å². The minimum absolute atomic E-state index is 0.0232. The number of benzene rings is 3. The molecule has 1 aliphatic carbocycles. The molecule has 1 atom stereocenters. The van der Waals surface area contributed by atoms with E-state index in [1.165, 1.54) is 11.6 Å². The largest absolute Gasteiger partial charge is 0.508 e. The summed E-state index contributed by atoms with van der Waals surface area (Å²) < 4.78 is 31.7. The Bertz CT molecular complexity index is 1350. The molecule has 0 bridgehead atoms. The predicted molar refractivity (Wildman–Crippen MR) is 160 cm³/mol. The molecule has 0 aromatic heterocycles. The summed E-state index contributed by atoms with van der Waals surface area (Å²) in [6, 6.07) is 20.5. The standard InChI is InChI=1S/C33H43NO6S/c35-23-29-21-28(14-15-32(29)36)33(37)22-34-17-16-26-8-5-10-27(19-26)24-40-18-4-3-7-25-9-6-13-31(20-25)41(38,39)30-11-1-2-12-30/h5-6,8-10,13-15,19-21,30,33-37H,1-4,7,11-12,16-18,22-24H2/t33-/m0/s1. The first-order chi connectivity index (χ1) is 19.9. The Balaban J connectivity index is 1.12. The SMILES string of the molecule is O=S(=O)(c1cccc(CCCCOCc2cccc(CCNC[C@H](O)c3ccc(O)c(CO)c3)c2)c1)C1CCCC1. The van der Waals surface area contributed by atoms with Crippen molar-refractivity contribution in [1.29, 1.82) is 0 Å². The van der Waals surface area contributed by atoms with Crippen LogP contribution >= 0.6 is 0 Å². The Labute approximate surface area is 244 Å². The predicted octanol–water partition coefficient (Wildman–Crippen LogP) is 5.01. The quantitative estimate of drug-likeness (QED) is 0.176. The molecule has 0 amide bonds. The number of hydrogen-bond donors (Lipinski definition) is 4. The average molecular weight is 582 g/mol. The number of aryl methyl sites for hydroxylation is 1. The molecular weight excluding hydrogens is 538 g/mol. The van der Waals surface area contributed by atoms with E-state index >= 15 is 0 Å². The molecule has 41 heavy (non-hydrogen) atoms. The number of ether oxygens (including phenoxy) is 1. The molecule has 0 heterocycles. The first-order valence-corrected chi connectivity index (χ1v) is 16.2. The zero-order valence-corrected chi connectivity index (χ0v) is 24.5. The molecule has 1 saturated carbocycles. The molecule has 0 aliphatic heterocycles. The molecule has 3 aromatic carbocycles. The van der Waals surface area contributed by atoms with E-state index in [9.17, 15) is 23.7 Å². The Hall–Kier alpha value is -2.75. The molecule has 4 rings (SSSR count). The van der Waals surface area contributed by atoms with Crippen LogP contribution in [0.3, 0.4) is 0 Å². The molecule has 0 radical (unpaired) electrons. The van der Waals surface area contributed by atoms with Gasteiger partial charge in [-0.15, -0.1) is 0 Å². The lowest BCUT2D eigenvalue weighted by Gasteiger charge is -2.14. The van der Waals surface area contributed by atoms with Crippen molar-refractivity contribution in [3.05, 3.63) is 94.5 Å². The summed E-state index contributed by atoms with van der Waals surface area (Å²) in [7, 11) is -3.22. The summed E-state index contributed by atoms with van der Waals surface area (Å²) >= 11 is 0. The number of nitrogens with one attached hydrogen (secondary N) is 1. The van der Waals surface area contributed by atoms with Crippen LogP contribution in [-0.4, -0.2) is 48.7 Å². The Kier molecular flexibility index (Phi) is 11.8. The Morgan fingerprint density at radius 3 is 2.41 bits per heavy atom. The van der Waals surface area contributed by atoms with Crippen LogP contribution in [0, 0.1) is 0 Å². The van der Waals surface area contributed by atoms with Crippen molar-refractivity contribution >= 4 is 9.84 Å². The van der Waals surface area contributed by atoms with Gasteiger partial charge in [-0.05, 0) is 91.6 Å². The molecule has 3 aromatic rings. The highest BCUT2D eigenvalue weighted by molar-refractivity contribution is 7.92. The average Bonchev–Trinajstić information content (AvgIpc) is 3.54. The van der Waals surface area contributed by atoms with Gasteiger partial charge in [0.2, 0.25) is 0 Å². The van der Waals surface area contributed by atoms with Crippen LogP contribution in [0.4, 0.5) is 0 Å². The second kappa shape index (κ2) is 15.5. The van der Waals surface area contributed by atoms with Crippen LogP contribution < -0.4 is 5.32 Å². The van der Waals surface area contributed by atoms with Gasteiger partial charge in [0.05, 0.1) is 29.5 Å². The summed E-state index contributed by atoms with van der Waals surface area (Å²) in [6.45, 7) is 2.00. The molecule has 0 unspecified atom stereocenters. The van der Waals surface area contributed by atoms with Gasteiger partial charge in [0.1, 0.15) is 5.75 Å². The third-order valence-electron chi connectivity index (χ3n) is 7.82. The number of aromatic hydroxyl groups is 1. The van der Waals surface area contributed by atoms with Gasteiger partial charge < -0.3 is 25.4 Å². The molecule has 0 saturated heterocycles. The topological polar surface area (TPSA) is 116 Å². The van der Waals surface area contributed by atoms with Gasteiger partial charge in [0.25, 0.3) is 0 Å². The highest BCUT2D eigenvalue weighted by Crippen LogP contribution is 2.30. The first-order valence-electron chi connectivity index (χ1n) is 14.7. The van der Waals surface area contributed by atoms with Crippen LogP contribution in [0.25, 0.3) is 0 Å². The molecule has 1 fully saturated rings. The molecule has 0 spiro atoms. The third-order valence-corrected chi connectivity index (χ3v) is 10.1. The number of aliphatic hydroxyl groups excluding tert-OH is 2. The molecule has 222 valence electrons. The van der Waals surface area contributed by atoms with Crippen molar-refractivity contribution in [3.63, 3.8) is 0 Å². The van der Waals surface area contributed by atoms with Gasteiger partial charge in [0.15, 0.2) is 9.84 Å². The lowest BCUT2D eigenvalue weighted by molar-refractivity contribution is 0.117. The zero-order valence-electron chi connectivity index (χ0n) is 23.7. The van der Waals surface area contributed by atoms with E-state index in [1.807, 2.05) is 24.3 Å². The highest BCUT2D eigenvalue weighted by atomic mass is 32.2.